The Morgan fingerprint density at radius 3 is 1.27 bits per heavy atom. The molecule has 0 saturated carbocycles. The van der Waals surface area contributed by atoms with Crippen molar-refractivity contribution in [2.45, 2.75) is 207 Å². The first-order valence-electron chi connectivity index (χ1n) is 21.7. The monoisotopic (exact) mass is 763 g/mol. The van der Waals surface area contributed by atoms with Crippen LogP contribution in [0.15, 0.2) is 0 Å². The number of carbonyl (C=O) groups is 2. The van der Waals surface area contributed by atoms with Crippen LogP contribution in [0.1, 0.15) is 201 Å². The maximum absolute atomic E-state index is 13.3. The Bertz CT molecular complexity index is 865. The summed E-state index contributed by atoms with van der Waals surface area (Å²) < 4.78 is 41.6. The molecule has 0 amide bonds. The molecule has 0 aliphatic carbocycles. The zero-order valence-corrected chi connectivity index (χ0v) is 36.0. The van der Waals surface area contributed by atoms with Gasteiger partial charge in [0.25, 0.3) is 0 Å². The van der Waals surface area contributed by atoms with Gasteiger partial charge in [-0.25, -0.2) is 4.57 Å². The van der Waals surface area contributed by atoms with Crippen LogP contribution in [0.25, 0.3) is 0 Å². The van der Waals surface area contributed by atoms with Gasteiger partial charge in [-0.1, -0.05) is 168 Å². The van der Waals surface area contributed by atoms with Crippen molar-refractivity contribution in [2.75, 3.05) is 54.1 Å². The molecule has 0 heterocycles. The van der Waals surface area contributed by atoms with E-state index in [-0.39, 0.29) is 44.8 Å². The van der Waals surface area contributed by atoms with Gasteiger partial charge in [-0.2, -0.15) is 0 Å². The van der Waals surface area contributed by atoms with E-state index in [1.807, 2.05) is 21.1 Å². The van der Waals surface area contributed by atoms with Gasteiger partial charge in [0, 0.05) is 12.8 Å². The van der Waals surface area contributed by atoms with E-state index in [1.165, 1.54) is 128 Å². The van der Waals surface area contributed by atoms with E-state index in [2.05, 4.69) is 13.8 Å². The zero-order chi connectivity index (χ0) is 38.6. The molecule has 0 saturated heterocycles. The number of phosphoric acid groups is 1. The average Bonchev–Trinajstić information content (AvgIpc) is 3.09. The van der Waals surface area contributed by atoms with Crippen LogP contribution in [-0.2, 0) is 37.2 Å². The largest absolute Gasteiger partial charge is 0.475 e. The summed E-state index contributed by atoms with van der Waals surface area (Å²) in [6.07, 6.45) is 31.8. The van der Waals surface area contributed by atoms with Gasteiger partial charge in [-0.3, -0.25) is 23.2 Å². The molecule has 0 spiro atoms. The number of likely N-dealkylation sites (N-methyl/N-ethyl adjacent to an activating group) is 1. The first-order valence-corrected chi connectivity index (χ1v) is 23.2. The van der Waals surface area contributed by atoms with E-state index < -0.39 is 13.9 Å². The van der Waals surface area contributed by atoms with Crippen LogP contribution in [0.5, 0.6) is 0 Å². The SMILES string of the molecule is CCCCCCCCCCCCCCCC(=O)OC[C@H](CO[P@@](=O)(OCC)OCC[N+](C)(C)C)OC(=O)CCCCCCCCCCCCCCC. The van der Waals surface area contributed by atoms with Crippen LogP contribution in [-0.4, -0.2) is 76.6 Å². The molecule has 0 aromatic rings. The standard InChI is InChI=1S/C42H85NO8P/c1-7-10-12-14-16-18-20-22-24-26-28-30-32-34-41(44)47-38-40(39-50-52(46,48-9-3)49-37-36-43(4,5)6)51-42(45)35-33-31-29-27-25-23-21-19-17-15-13-11-8-2/h40H,7-39H2,1-6H3/q+1/t40-,52+/m1/s1. The number of ether oxygens (including phenoxy) is 2. The van der Waals surface area contributed by atoms with Crippen LogP contribution in [0.2, 0.25) is 0 Å². The highest BCUT2D eigenvalue weighted by Crippen LogP contribution is 2.49. The summed E-state index contributed by atoms with van der Waals surface area (Å²) in [5.41, 5.74) is 0. The van der Waals surface area contributed by atoms with Gasteiger partial charge >= 0.3 is 19.8 Å². The quantitative estimate of drug-likeness (QED) is 0.0263. The first-order chi connectivity index (χ1) is 25.0. The predicted octanol–water partition coefficient (Wildman–Crippen LogP) is 12.3. The molecule has 0 aliphatic rings. The molecule has 52 heavy (non-hydrogen) atoms. The number of hydrogen-bond donors (Lipinski definition) is 0. The second-order valence-corrected chi connectivity index (χ2v) is 17.5. The summed E-state index contributed by atoms with van der Waals surface area (Å²) in [4.78, 5) is 25.4. The zero-order valence-electron chi connectivity index (χ0n) is 35.1. The summed E-state index contributed by atoms with van der Waals surface area (Å²) >= 11 is 0. The molecule has 10 heteroatoms. The Balaban J connectivity index is 4.56. The lowest BCUT2D eigenvalue weighted by molar-refractivity contribution is -0.870. The molecule has 0 radical (unpaired) electrons. The van der Waals surface area contributed by atoms with Gasteiger partial charge in [0.2, 0.25) is 0 Å². The third-order valence-corrected chi connectivity index (χ3v) is 11.0. The molecule has 0 N–H and O–H groups in total. The minimum absolute atomic E-state index is 0.138. The summed E-state index contributed by atoms with van der Waals surface area (Å²) in [7, 11) is 2.14. The van der Waals surface area contributed by atoms with Crippen molar-refractivity contribution in [1.82, 2.24) is 0 Å². The van der Waals surface area contributed by atoms with Gasteiger partial charge < -0.3 is 14.0 Å². The highest BCUT2D eigenvalue weighted by molar-refractivity contribution is 7.48. The lowest BCUT2D eigenvalue weighted by Crippen LogP contribution is -2.37. The fourth-order valence-corrected chi connectivity index (χ4v) is 7.26. The molecule has 0 aromatic carbocycles. The topological polar surface area (TPSA) is 97.4 Å². The van der Waals surface area contributed by atoms with Crippen LogP contribution in [0.4, 0.5) is 0 Å². The third-order valence-electron chi connectivity index (χ3n) is 9.41. The molecule has 0 bridgehead atoms. The molecular weight excluding hydrogens is 677 g/mol. The molecule has 0 rings (SSSR count). The predicted molar refractivity (Wildman–Crippen MR) is 215 cm³/mol. The maximum atomic E-state index is 13.3. The van der Waals surface area contributed by atoms with Gasteiger partial charge in [-0.05, 0) is 19.8 Å². The normalized spacial score (nSPS) is 13.6. The average molecular weight is 763 g/mol. The minimum atomic E-state index is -3.89. The molecular formula is C42H85NO8P+. The Kier molecular flexibility index (Phi) is 35.0. The number of nitrogens with zero attached hydrogens (tertiary/aromatic N) is 1. The van der Waals surface area contributed by atoms with Crippen molar-refractivity contribution in [3.8, 4) is 0 Å². The van der Waals surface area contributed by atoms with E-state index in [9.17, 15) is 14.2 Å². The fraction of sp³-hybridized carbons (Fsp3) is 0.952. The van der Waals surface area contributed by atoms with Crippen LogP contribution in [0.3, 0.4) is 0 Å². The highest BCUT2D eigenvalue weighted by Gasteiger charge is 2.30. The number of hydrogen-bond acceptors (Lipinski definition) is 8. The number of carbonyl (C=O) groups excluding carboxylic acids is 2. The maximum Gasteiger partial charge on any atom is 0.475 e. The van der Waals surface area contributed by atoms with Crippen molar-refractivity contribution in [3.63, 3.8) is 0 Å². The van der Waals surface area contributed by atoms with Gasteiger partial charge in [-0.15, -0.1) is 0 Å². The van der Waals surface area contributed by atoms with Crippen LogP contribution >= 0.6 is 7.82 Å². The molecule has 0 aromatic heterocycles. The molecule has 0 unspecified atom stereocenters. The molecule has 0 aliphatic heterocycles. The van der Waals surface area contributed by atoms with Crippen molar-refractivity contribution in [1.29, 1.82) is 0 Å². The van der Waals surface area contributed by atoms with E-state index in [0.29, 0.717) is 17.4 Å². The van der Waals surface area contributed by atoms with Gasteiger partial charge in [0.1, 0.15) is 19.8 Å². The second kappa shape index (κ2) is 35.7. The van der Waals surface area contributed by atoms with E-state index in [0.717, 1.165) is 38.5 Å². The van der Waals surface area contributed by atoms with Crippen molar-refractivity contribution in [3.05, 3.63) is 0 Å². The number of esters is 2. The van der Waals surface area contributed by atoms with Crippen molar-refractivity contribution < 1.29 is 41.7 Å². The lowest BCUT2D eigenvalue weighted by Gasteiger charge is -2.25. The molecule has 0 fully saturated rings. The van der Waals surface area contributed by atoms with Crippen LogP contribution in [0, 0.1) is 0 Å². The number of unbranched alkanes of at least 4 members (excludes halogenated alkanes) is 24. The number of phosphoric ester groups is 1. The van der Waals surface area contributed by atoms with Gasteiger partial charge in [0.05, 0.1) is 34.4 Å². The third kappa shape index (κ3) is 36.0. The van der Waals surface area contributed by atoms with E-state index >= 15 is 0 Å². The molecule has 310 valence electrons. The van der Waals surface area contributed by atoms with Crippen LogP contribution < -0.4 is 0 Å². The Morgan fingerprint density at radius 1 is 0.500 bits per heavy atom. The Morgan fingerprint density at radius 2 is 0.885 bits per heavy atom. The van der Waals surface area contributed by atoms with E-state index in [4.69, 9.17) is 23.0 Å². The second-order valence-electron chi connectivity index (χ2n) is 15.8. The number of quaternary nitrogens is 1. The Labute approximate surface area is 321 Å². The number of rotatable bonds is 40. The minimum Gasteiger partial charge on any atom is -0.462 e. The van der Waals surface area contributed by atoms with Crippen molar-refractivity contribution >= 4 is 19.8 Å². The summed E-state index contributed by atoms with van der Waals surface area (Å²) in [5, 5.41) is 0. The van der Waals surface area contributed by atoms with E-state index in [1.54, 1.807) is 6.92 Å². The fourth-order valence-electron chi connectivity index (χ4n) is 6.06. The highest BCUT2D eigenvalue weighted by atomic mass is 31.2. The lowest BCUT2D eigenvalue weighted by atomic mass is 10.0. The Hall–Kier alpha value is -0.990. The smallest absolute Gasteiger partial charge is 0.462 e. The summed E-state index contributed by atoms with van der Waals surface area (Å²) in [6.45, 7) is 6.74. The summed E-state index contributed by atoms with van der Waals surface area (Å²) in [5.74, 6) is -0.700. The van der Waals surface area contributed by atoms with Crippen molar-refractivity contribution in [2.24, 2.45) is 0 Å². The summed E-state index contributed by atoms with van der Waals surface area (Å²) in [6, 6.07) is 0. The molecule has 9 nitrogen and oxygen atoms in total. The molecule has 2 atom stereocenters. The van der Waals surface area contributed by atoms with Gasteiger partial charge in [0.15, 0.2) is 6.10 Å². The first kappa shape index (κ1) is 51.0.